The number of hydrogen-bond donors (Lipinski definition) is 0. The van der Waals surface area contributed by atoms with E-state index in [1.807, 2.05) is 24.3 Å². The Morgan fingerprint density at radius 3 is 2.73 bits per heavy atom. The smallest absolute Gasteiger partial charge is 0.387 e. The summed E-state index contributed by atoms with van der Waals surface area (Å²) in [4.78, 5) is 2.30. The second-order valence-corrected chi connectivity index (χ2v) is 6.52. The largest absolute Gasteiger partial charge is 0.486 e. The summed E-state index contributed by atoms with van der Waals surface area (Å²) >= 11 is 0. The third kappa shape index (κ3) is 3.60. The Labute approximate surface area is 151 Å². The van der Waals surface area contributed by atoms with Gasteiger partial charge in [-0.25, -0.2) is 0 Å². The summed E-state index contributed by atoms with van der Waals surface area (Å²) in [5, 5.41) is 0. The molecule has 0 amide bonds. The van der Waals surface area contributed by atoms with Crippen molar-refractivity contribution >= 4 is 0 Å². The number of ether oxygens (including phenoxy) is 3. The lowest BCUT2D eigenvalue weighted by atomic mass is 10.0. The quantitative estimate of drug-likeness (QED) is 0.790. The van der Waals surface area contributed by atoms with E-state index in [2.05, 4.69) is 15.7 Å². The number of halogens is 2. The molecule has 2 aromatic rings. The minimum atomic E-state index is -2.82. The molecule has 4 nitrogen and oxygen atoms in total. The molecule has 2 aliphatic rings. The molecule has 0 bridgehead atoms. The first-order valence-electron chi connectivity index (χ1n) is 8.87. The van der Waals surface area contributed by atoms with Crippen LogP contribution in [0.2, 0.25) is 0 Å². The average Bonchev–Trinajstić information content (AvgIpc) is 3.11. The molecule has 138 valence electrons. The van der Waals surface area contributed by atoms with E-state index < -0.39 is 6.61 Å². The SMILES string of the molecule is FC(F)Oc1ccccc1CN1CCCC1c1ccc2c(c1)OCCO2. The van der Waals surface area contributed by atoms with Crippen LogP contribution in [0.4, 0.5) is 8.78 Å². The molecule has 1 saturated heterocycles. The Morgan fingerprint density at radius 1 is 1.08 bits per heavy atom. The first-order valence-corrected chi connectivity index (χ1v) is 8.87. The minimum Gasteiger partial charge on any atom is -0.486 e. The summed E-state index contributed by atoms with van der Waals surface area (Å²) in [7, 11) is 0. The first-order chi connectivity index (χ1) is 12.7. The lowest BCUT2D eigenvalue weighted by Crippen LogP contribution is -2.23. The van der Waals surface area contributed by atoms with Crippen LogP contribution in [0.5, 0.6) is 17.2 Å². The van der Waals surface area contributed by atoms with Gasteiger partial charge >= 0.3 is 6.61 Å². The molecule has 0 aromatic heterocycles. The van der Waals surface area contributed by atoms with E-state index in [1.165, 1.54) is 5.56 Å². The normalized spacial score (nSPS) is 19.7. The molecular weight excluding hydrogens is 340 g/mol. The van der Waals surface area contributed by atoms with E-state index in [9.17, 15) is 8.78 Å². The maximum atomic E-state index is 12.7. The van der Waals surface area contributed by atoms with Crippen LogP contribution in [-0.4, -0.2) is 31.3 Å². The molecule has 4 rings (SSSR count). The molecule has 1 fully saturated rings. The van der Waals surface area contributed by atoms with Crippen molar-refractivity contribution in [2.45, 2.75) is 32.0 Å². The number of benzene rings is 2. The Morgan fingerprint density at radius 2 is 1.88 bits per heavy atom. The van der Waals surface area contributed by atoms with E-state index in [0.29, 0.717) is 19.8 Å². The van der Waals surface area contributed by atoms with Gasteiger partial charge in [-0.15, -0.1) is 0 Å². The van der Waals surface area contributed by atoms with Crippen LogP contribution in [0, 0.1) is 0 Å². The highest BCUT2D eigenvalue weighted by atomic mass is 19.3. The average molecular weight is 361 g/mol. The second-order valence-electron chi connectivity index (χ2n) is 6.52. The highest BCUT2D eigenvalue weighted by Crippen LogP contribution is 2.39. The molecule has 2 aliphatic heterocycles. The van der Waals surface area contributed by atoms with Crippen molar-refractivity contribution < 1.29 is 23.0 Å². The van der Waals surface area contributed by atoms with E-state index >= 15 is 0 Å². The van der Waals surface area contributed by atoms with Crippen molar-refractivity contribution in [1.29, 1.82) is 0 Å². The lowest BCUT2D eigenvalue weighted by molar-refractivity contribution is -0.0508. The van der Waals surface area contributed by atoms with Gasteiger partial charge in [-0.2, -0.15) is 8.78 Å². The number of hydrogen-bond acceptors (Lipinski definition) is 4. The summed E-state index contributed by atoms with van der Waals surface area (Å²) in [6, 6.07) is 13.3. The standard InChI is InChI=1S/C20H21F2NO3/c21-20(22)26-17-6-2-1-4-15(17)13-23-9-3-5-16(23)14-7-8-18-19(12-14)25-11-10-24-18/h1-2,4,6-8,12,16,20H,3,5,9-11,13H2. The van der Waals surface area contributed by atoms with Crippen molar-refractivity contribution in [2.75, 3.05) is 19.8 Å². The van der Waals surface area contributed by atoms with Crippen LogP contribution in [0.25, 0.3) is 0 Å². The Kier molecular flexibility index (Phi) is 4.93. The van der Waals surface area contributed by atoms with Crippen molar-refractivity contribution in [2.24, 2.45) is 0 Å². The van der Waals surface area contributed by atoms with E-state index in [1.54, 1.807) is 12.1 Å². The third-order valence-electron chi connectivity index (χ3n) is 4.88. The highest BCUT2D eigenvalue weighted by Gasteiger charge is 2.28. The number of rotatable bonds is 5. The zero-order chi connectivity index (χ0) is 17.9. The third-order valence-corrected chi connectivity index (χ3v) is 4.88. The van der Waals surface area contributed by atoms with Crippen molar-refractivity contribution in [3.05, 3.63) is 53.6 Å². The summed E-state index contributed by atoms with van der Waals surface area (Å²) in [5.74, 6) is 1.80. The van der Waals surface area contributed by atoms with Crippen molar-refractivity contribution in [3.63, 3.8) is 0 Å². The van der Waals surface area contributed by atoms with E-state index in [4.69, 9.17) is 9.47 Å². The van der Waals surface area contributed by atoms with Crippen LogP contribution in [0.15, 0.2) is 42.5 Å². The van der Waals surface area contributed by atoms with Gasteiger partial charge < -0.3 is 14.2 Å². The summed E-state index contributed by atoms with van der Waals surface area (Å²) in [6.07, 6.45) is 2.09. The molecule has 0 saturated carbocycles. The first kappa shape index (κ1) is 17.1. The molecule has 0 N–H and O–H groups in total. The number of fused-ring (bicyclic) bond motifs is 1. The summed E-state index contributed by atoms with van der Waals surface area (Å²) in [5.41, 5.74) is 1.94. The van der Waals surface area contributed by atoms with Gasteiger partial charge in [0.25, 0.3) is 0 Å². The minimum absolute atomic E-state index is 0.227. The van der Waals surface area contributed by atoms with Gasteiger partial charge in [-0.1, -0.05) is 24.3 Å². The topological polar surface area (TPSA) is 30.9 Å². The fraction of sp³-hybridized carbons (Fsp3) is 0.400. The molecular formula is C20H21F2NO3. The number of likely N-dealkylation sites (tertiary alicyclic amines) is 1. The maximum absolute atomic E-state index is 12.7. The van der Waals surface area contributed by atoms with Crippen LogP contribution in [0.3, 0.4) is 0 Å². The molecule has 6 heteroatoms. The van der Waals surface area contributed by atoms with E-state index in [0.717, 1.165) is 36.4 Å². The second kappa shape index (κ2) is 7.50. The van der Waals surface area contributed by atoms with Gasteiger partial charge in [0.1, 0.15) is 19.0 Å². The zero-order valence-electron chi connectivity index (χ0n) is 14.4. The van der Waals surface area contributed by atoms with Crippen molar-refractivity contribution in [1.82, 2.24) is 4.90 Å². The molecule has 0 spiro atoms. The molecule has 26 heavy (non-hydrogen) atoms. The van der Waals surface area contributed by atoms with E-state index in [-0.39, 0.29) is 11.8 Å². The van der Waals surface area contributed by atoms with Crippen LogP contribution in [0.1, 0.15) is 30.0 Å². The predicted molar refractivity (Wildman–Crippen MR) is 92.9 cm³/mol. The van der Waals surface area contributed by atoms with Crippen molar-refractivity contribution in [3.8, 4) is 17.2 Å². The Balaban J connectivity index is 1.54. The zero-order valence-corrected chi connectivity index (χ0v) is 14.4. The van der Waals surface area contributed by atoms with Gasteiger partial charge in [-0.3, -0.25) is 4.90 Å². The number of nitrogens with zero attached hydrogens (tertiary/aromatic N) is 1. The van der Waals surface area contributed by atoms with Gasteiger partial charge in [0, 0.05) is 18.2 Å². The predicted octanol–water partition coefficient (Wildman–Crippen LogP) is 4.40. The Hall–Kier alpha value is -2.34. The van der Waals surface area contributed by atoms with Gasteiger partial charge in [0.2, 0.25) is 0 Å². The molecule has 0 radical (unpaired) electrons. The van der Waals surface area contributed by atoms with Gasteiger partial charge in [0.15, 0.2) is 11.5 Å². The molecule has 1 unspecified atom stereocenters. The van der Waals surface area contributed by atoms with Gasteiger partial charge in [0.05, 0.1) is 0 Å². The molecule has 2 aromatic carbocycles. The van der Waals surface area contributed by atoms with Crippen LogP contribution < -0.4 is 14.2 Å². The van der Waals surface area contributed by atoms with Crippen LogP contribution in [-0.2, 0) is 6.54 Å². The maximum Gasteiger partial charge on any atom is 0.387 e. The lowest BCUT2D eigenvalue weighted by Gasteiger charge is -2.27. The van der Waals surface area contributed by atoms with Gasteiger partial charge in [-0.05, 0) is 43.1 Å². The molecule has 1 atom stereocenters. The van der Waals surface area contributed by atoms with Crippen LogP contribution >= 0.6 is 0 Å². The molecule has 2 heterocycles. The fourth-order valence-corrected chi connectivity index (χ4v) is 3.72. The Bertz CT molecular complexity index is 768. The highest BCUT2D eigenvalue weighted by molar-refractivity contribution is 5.45. The summed E-state index contributed by atoms with van der Waals surface area (Å²) in [6.45, 7) is -0.195. The summed E-state index contributed by atoms with van der Waals surface area (Å²) < 4.78 is 41.3. The molecule has 0 aliphatic carbocycles. The monoisotopic (exact) mass is 361 g/mol. The number of para-hydroxylation sites is 1. The fourth-order valence-electron chi connectivity index (χ4n) is 3.72. The number of alkyl halides is 2.